The van der Waals surface area contributed by atoms with E-state index in [1.54, 1.807) is 0 Å². The third-order valence-electron chi connectivity index (χ3n) is 6.26. The van der Waals surface area contributed by atoms with Crippen molar-refractivity contribution in [2.24, 2.45) is 11.7 Å². The Bertz CT molecular complexity index is 272. The first-order chi connectivity index (χ1) is 12.5. The predicted molar refractivity (Wildman–Crippen MR) is 128 cm³/mol. The number of hydrogen-bond acceptors (Lipinski definition) is 1. The van der Waals surface area contributed by atoms with Crippen molar-refractivity contribution in [3.8, 4) is 0 Å². The Labute approximate surface area is 179 Å². The summed E-state index contributed by atoms with van der Waals surface area (Å²) in [7, 11) is 0. The maximum Gasteiger partial charge on any atom is 0.0123 e. The van der Waals surface area contributed by atoms with Crippen LogP contribution in [0.15, 0.2) is 0 Å². The van der Waals surface area contributed by atoms with Crippen LogP contribution in [0.2, 0.25) is 0 Å². The van der Waals surface area contributed by atoms with Gasteiger partial charge in [-0.15, -0.1) is 12.4 Å². The van der Waals surface area contributed by atoms with Crippen molar-refractivity contribution in [2.75, 3.05) is 0 Å². The molecule has 0 spiro atoms. The number of unbranched alkanes of at least 4 members (excludes halogenated alkanes) is 17. The van der Waals surface area contributed by atoms with Gasteiger partial charge in [-0.1, -0.05) is 129 Å². The first kappa shape index (κ1) is 29.5. The van der Waals surface area contributed by atoms with E-state index in [4.69, 9.17) is 5.73 Å². The zero-order valence-electron chi connectivity index (χ0n) is 19.5. The van der Waals surface area contributed by atoms with Gasteiger partial charge in [0.05, 0.1) is 0 Å². The van der Waals surface area contributed by atoms with E-state index >= 15 is 0 Å². The molecular formula is C25H54ClN. The molecular weight excluding hydrogens is 350 g/mol. The Morgan fingerprint density at radius 2 is 0.815 bits per heavy atom. The van der Waals surface area contributed by atoms with E-state index in [0.29, 0.717) is 5.92 Å². The van der Waals surface area contributed by atoms with E-state index in [1.807, 2.05) is 0 Å². The molecule has 0 bridgehead atoms. The summed E-state index contributed by atoms with van der Waals surface area (Å²) in [5, 5.41) is 0. The summed E-state index contributed by atoms with van der Waals surface area (Å²) < 4.78 is 0. The predicted octanol–water partition coefficient (Wildman–Crippen LogP) is 9.21. The minimum atomic E-state index is -0.00532. The monoisotopic (exact) mass is 403 g/mol. The standard InChI is InChI=1S/C25H53N.ClH/c1-5-6-7-8-9-10-11-12-13-14-15-16-17-18-19-20-21-22-23-24(2)25(3,4)26;/h24H,5-23,26H2,1-4H3;1H. The molecule has 0 aliphatic carbocycles. The third-order valence-corrected chi connectivity index (χ3v) is 6.26. The van der Waals surface area contributed by atoms with E-state index in [2.05, 4.69) is 27.7 Å². The van der Waals surface area contributed by atoms with Gasteiger partial charge in [0.2, 0.25) is 0 Å². The van der Waals surface area contributed by atoms with E-state index < -0.39 is 0 Å². The van der Waals surface area contributed by atoms with Crippen LogP contribution in [-0.4, -0.2) is 5.54 Å². The van der Waals surface area contributed by atoms with Gasteiger partial charge >= 0.3 is 0 Å². The minimum absolute atomic E-state index is 0. The fraction of sp³-hybridized carbons (Fsp3) is 1.00. The molecule has 166 valence electrons. The van der Waals surface area contributed by atoms with Crippen molar-refractivity contribution in [3.63, 3.8) is 0 Å². The van der Waals surface area contributed by atoms with Gasteiger partial charge in [-0.05, 0) is 26.2 Å². The largest absolute Gasteiger partial charge is 0.325 e. The number of hydrogen-bond donors (Lipinski definition) is 1. The SMILES string of the molecule is CCCCCCCCCCCCCCCCCCCCC(C)C(C)(C)N.Cl. The highest BCUT2D eigenvalue weighted by Gasteiger charge is 2.19. The van der Waals surface area contributed by atoms with Crippen molar-refractivity contribution < 1.29 is 0 Å². The van der Waals surface area contributed by atoms with Crippen LogP contribution in [0, 0.1) is 5.92 Å². The molecule has 0 aliphatic rings. The zero-order chi connectivity index (χ0) is 19.5. The van der Waals surface area contributed by atoms with E-state index in [-0.39, 0.29) is 17.9 Å². The lowest BCUT2D eigenvalue weighted by molar-refractivity contribution is 0.316. The van der Waals surface area contributed by atoms with Crippen molar-refractivity contribution in [3.05, 3.63) is 0 Å². The van der Waals surface area contributed by atoms with Gasteiger partial charge in [-0.25, -0.2) is 0 Å². The summed E-state index contributed by atoms with van der Waals surface area (Å²) in [4.78, 5) is 0. The summed E-state index contributed by atoms with van der Waals surface area (Å²) >= 11 is 0. The van der Waals surface area contributed by atoms with Gasteiger partial charge in [0, 0.05) is 5.54 Å². The highest BCUT2D eigenvalue weighted by molar-refractivity contribution is 5.85. The van der Waals surface area contributed by atoms with Crippen LogP contribution in [0.1, 0.15) is 150 Å². The molecule has 0 rings (SSSR count). The summed E-state index contributed by atoms with van der Waals surface area (Å²) in [6, 6.07) is 0. The van der Waals surface area contributed by atoms with Crippen molar-refractivity contribution >= 4 is 12.4 Å². The Kier molecular flexibility index (Phi) is 22.9. The highest BCUT2D eigenvalue weighted by atomic mass is 35.5. The second-order valence-corrected chi connectivity index (χ2v) is 9.52. The lowest BCUT2D eigenvalue weighted by Gasteiger charge is -2.27. The second kappa shape index (κ2) is 21.0. The van der Waals surface area contributed by atoms with Crippen molar-refractivity contribution in [1.29, 1.82) is 0 Å². The van der Waals surface area contributed by atoms with E-state index in [1.165, 1.54) is 122 Å². The molecule has 0 aliphatic heterocycles. The lowest BCUT2D eigenvalue weighted by Crippen LogP contribution is -2.39. The van der Waals surface area contributed by atoms with Crippen LogP contribution in [0.25, 0.3) is 0 Å². The fourth-order valence-electron chi connectivity index (χ4n) is 3.72. The Morgan fingerprint density at radius 1 is 0.556 bits per heavy atom. The number of rotatable bonds is 20. The first-order valence-corrected chi connectivity index (χ1v) is 12.3. The summed E-state index contributed by atoms with van der Waals surface area (Å²) in [5.41, 5.74) is 6.15. The number of halogens is 1. The molecule has 2 N–H and O–H groups in total. The van der Waals surface area contributed by atoms with Gasteiger partial charge in [-0.2, -0.15) is 0 Å². The van der Waals surface area contributed by atoms with E-state index in [0.717, 1.165) is 0 Å². The molecule has 1 unspecified atom stereocenters. The molecule has 0 amide bonds. The molecule has 0 saturated carbocycles. The summed E-state index contributed by atoms with van der Waals surface area (Å²) in [6.07, 6.45) is 27.4. The second-order valence-electron chi connectivity index (χ2n) is 9.52. The van der Waals surface area contributed by atoms with Crippen molar-refractivity contribution in [2.45, 2.75) is 155 Å². The molecule has 27 heavy (non-hydrogen) atoms. The lowest BCUT2D eigenvalue weighted by atomic mass is 9.86. The fourth-order valence-corrected chi connectivity index (χ4v) is 3.72. The van der Waals surface area contributed by atoms with Crippen LogP contribution in [0.3, 0.4) is 0 Å². The molecule has 0 saturated heterocycles. The van der Waals surface area contributed by atoms with Gasteiger partial charge in [0.15, 0.2) is 0 Å². The third kappa shape index (κ3) is 22.4. The zero-order valence-corrected chi connectivity index (χ0v) is 20.3. The summed E-state index contributed by atoms with van der Waals surface area (Å²) in [5.74, 6) is 0.642. The van der Waals surface area contributed by atoms with E-state index in [9.17, 15) is 0 Å². The maximum absolute atomic E-state index is 6.16. The molecule has 2 heteroatoms. The Balaban J connectivity index is 0. The Morgan fingerprint density at radius 3 is 1.07 bits per heavy atom. The highest BCUT2D eigenvalue weighted by Crippen LogP contribution is 2.20. The van der Waals surface area contributed by atoms with Gasteiger partial charge in [0.25, 0.3) is 0 Å². The van der Waals surface area contributed by atoms with Crippen molar-refractivity contribution in [1.82, 2.24) is 0 Å². The molecule has 0 heterocycles. The average molecular weight is 404 g/mol. The molecule has 1 atom stereocenters. The Hall–Kier alpha value is 0.250. The normalized spacial score (nSPS) is 12.8. The smallest absolute Gasteiger partial charge is 0.0123 e. The molecule has 0 radical (unpaired) electrons. The van der Waals surface area contributed by atoms with Crippen LogP contribution in [0.5, 0.6) is 0 Å². The molecule has 1 nitrogen and oxygen atoms in total. The maximum atomic E-state index is 6.16. The average Bonchev–Trinajstić information content (AvgIpc) is 2.59. The molecule has 0 aromatic carbocycles. The summed E-state index contributed by atoms with van der Waals surface area (Å²) in [6.45, 7) is 8.91. The number of nitrogens with two attached hydrogens (primary N) is 1. The quantitative estimate of drug-likeness (QED) is 0.201. The topological polar surface area (TPSA) is 26.0 Å². The van der Waals surface area contributed by atoms with Gasteiger partial charge < -0.3 is 5.73 Å². The van der Waals surface area contributed by atoms with Crippen LogP contribution in [0.4, 0.5) is 0 Å². The van der Waals surface area contributed by atoms with Gasteiger partial charge in [-0.3, -0.25) is 0 Å². The van der Waals surface area contributed by atoms with Gasteiger partial charge in [0.1, 0.15) is 0 Å². The first-order valence-electron chi connectivity index (χ1n) is 12.3. The van der Waals surface area contributed by atoms with Crippen LogP contribution in [-0.2, 0) is 0 Å². The van der Waals surface area contributed by atoms with Crippen LogP contribution < -0.4 is 5.73 Å². The molecule has 0 fully saturated rings. The molecule has 0 aromatic rings. The molecule has 0 aromatic heterocycles. The minimum Gasteiger partial charge on any atom is -0.325 e. The van der Waals surface area contributed by atoms with Crippen LogP contribution >= 0.6 is 12.4 Å².